The first kappa shape index (κ1) is 15.3. The van der Waals surface area contributed by atoms with Gasteiger partial charge in [-0.05, 0) is 31.5 Å². The lowest BCUT2D eigenvalue weighted by Gasteiger charge is -2.16. The molecule has 23 heavy (non-hydrogen) atoms. The minimum Gasteiger partial charge on any atom is -0.316 e. The molecule has 0 fully saturated rings. The van der Waals surface area contributed by atoms with Gasteiger partial charge in [0.1, 0.15) is 0 Å². The Morgan fingerprint density at radius 3 is 2.30 bits per heavy atom. The van der Waals surface area contributed by atoms with Crippen LogP contribution >= 0.6 is 0 Å². The van der Waals surface area contributed by atoms with Crippen molar-refractivity contribution in [2.24, 2.45) is 0 Å². The monoisotopic (exact) mass is 312 g/mol. The van der Waals surface area contributed by atoms with E-state index in [-0.39, 0.29) is 17.2 Å². The normalized spacial score (nSPS) is 12.7. The molecule has 0 aromatic carbocycles. The molecule has 0 N–H and O–H groups in total. The number of nitrogens with zero attached hydrogens (tertiary/aromatic N) is 4. The molecule has 3 heterocycles. The summed E-state index contributed by atoms with van der Waals surface area (Å²) in [5, 5.41) is 2.62. The lowest BCUT2D eigenvalue weighted by Crippen LogP contribution is -2.35. The second kappa shape index (κ2) is 5.53. The van der Waals surface area contributed by atoms with Crippen LogP contribution < -0.4 is 16.1 Å². The average Bonchev–Trinajstić information content (AvgIpc) is 2.53. The number of hydrogen-bond donors (Lipinski definition) is 0. The van der Waals surface area contributed by atoms with E-state index >= 15 is 0 Å². The molecule has 0 saturated heterocycles. The number of aromatic nitrogens is 3. The van der Waals surface area contributed by atoms with Gasteiger partial charge in [0.05, 0.1) is 21.8 Å². The van der Waals surface area contributed by atoms with Gasteiger partial charge in [-0.3, -0.25) is 9.59 Å². The number of pyridine rings is 3. The molecular formula is C17H20N4O2. The Labute approximate surface area is 133 Å². The Hall–Kier alpha value is -2.63. The van der Waals surface area contributed by atoms with Crippen LogP contribution in [0.3, 0.4) is 0 Å². The van der Waals surface area contributed by atoms with Crippen molar-refractivity contribution in [1.29, 1.82) is 0 Å². The van der Waals surface area contributed by atoms with Gasteiger partial charge in [0.15, 0.2) is 0 Å². The highest BCUT2D eigenvalue weighted by Crippen LogP contribution is 2.16. The van der Waals surface area contributed by atoms with E-state index in [0.29, 0.717) is 21.8 Å². The van der Waals surface area contributed by atoms with Crippen LogP contribution in [0.1, 0.15) is 26.3 Å². The standard InChI is InChI=1S/C17H20N4O2/c1-5-11(2)20-8-6-14-12(16(20)22)10-13-15(18-14)7-9-21(17(13)23)19(3)4/h6-11H,5H2,1-4H3. The van der Waals surface area contributed by atoms with E-state index in [0.717, 1.165) is 6.42 Å². The fourth-order valence-electron chi connectivity index (χ4n) is 2.69. The van der Waals surface area contributed by atoms with Gasteiger partial charge in [-0.1, -0.05) is 6.92 Å². The van der Waals surface area contributed by atoms with Crippen molar-refractivity contribution in [3.63, 3.8) is 0 Å². The van der Waals surface area contributed by atoms with Crippen LogP contribution in [0.2, 0.25) is 0 Å². The minimum atomic E-state index is -0.180. The Balaban J connectivity index is 2.38. The van der Waals surface area contributed by atoms with E-state index in [4.69, 9.17) is 0 Å². The summed E-state index contributed by atoms with van der Waals surface area (Å²) in [5.41, 5.74) is 0.927. The molecular weight excluding hydrogens is 292 g/mol. The Morgan fingerprint density at radius 2 is 1.70 bits per heavy atom. The van der Waals surface area contributed by atoms with Gasteiger partial charge in [0, 0.05) is 32.5 Å². The van der Waals surface area contributed by atoms with E-state index in [1.807, 2.05) is 19.9 Å². The highest BCUT2D eigenvalue weighted by molar-refractivity contribution is 5.91. The molecule has 3 aromatic rings. The average molecular weight is 312 g/mol. The molecule has 0 amide bonds. The predicted molar refractivity (Wildman–Crippen MR) is 92.8 cm³/mol. The van der Waals surface area contributed by atoms with Gasteiger partial charge in [-0.25, -0.2) is 9.66 Å². The second-order valence-electron chi connectivity index (χ2n) is 5.95. The fourth-order valence-corrected chi connectivity index (χ4v) is 2.69. The molecule has 0 spiro atoms. The predicted octanol–water partition coefficient (Wildman–Crippen LogP) is 1.88. The third-order valence-corrected chi connectivity index (χ3v) is 4.25. The highest BCUT2D eigenvalue weighted by atomic mass is 16.1. The van der Waals surface area contributed by atoms with E-state index in [1.165, 1.54) is 4.68 Å². The summed E-state index contributed by atoms with van der Waals surface area (Å²) >= 11 is 0. The van der Waals surface area contributed by atoms with Crippen molar-refractivity contribution in [1.82, 2.24) is 14.2 Å². The van der Waals surface area contributed by atoms with Crippen LogP contribution in [0.4, 0.5) is 0 Å². The van der Waals surface area contributed by atoms with Gasteiger partial charge in [0.25, 0.3) is 11.1 Å². The molecule has 1 atom stereocenters. The lowest BCUT2D eigenvalue weighted by atomic mass is 10.1. The fraction of sp³-hybridized carbons (Fsp3) is 0.353. The molecule has 120 valence electrons. The molecule has 0 bridgehead atoms. The summed E-state index contributed by atoms with van der Waals surface area (Å²) in [4.78, 5) is 29.8. The van der Waals surface area contributed by atoms with Crippen molar-refractivity contribution in [2.45, 2.75) is 26.3 Å². The zero-order valence-electron chi connectivity index (χ0n) is 13.8. The summed E-state index contributed by atoms with van der Waals surface area (Å²) in [6, 6.07) is 5.40. The first-order valence-electron chi connectivity index (χ1n) is 7.69. The molecule has 6 nitrogen and oxygen atoms in total. The van der Waals surface area contributed by atoms with Crippen LogP contribution in [-0.2, 0) is 0 Å². The summed E-state index contributed by atoms with van der Waals surface area (Å²) < 4.78 is 3.19. The molecule has 1 unspecified atom stereocenters. The van der Waals surface area contributed by atoms with Crippen LogP contribution in [0.15, 0.2) is 40.2 Å². The van der Waals surface area contributed by atoms with Crippen molar-refractivity contribution < 1.29 is 0 Å². The lowest BCUT2D eigenvalue weighted by molar-refractivity contribution is 0.517. The zero-order chi connectivity index (χ0) is 16.7. The summed E-state index contributed by atoms with van der Waals surface area (Å²) in [6.07, 6.45) is 4.32. The van der Waals surface area contributed by atoms with Crippen LogP contribution in [0.5, 0.6) is 0 Å². The SMILES string of the molecule is CCC(C)n1ccc2nc3ccn(N(C)C)c(=O)c3cc2c1=O. The molecule has 0 saturated carbocycles. The van der Waals surface area contributed by atoms with Crippen LogP contribution in [0.25, 0.3) is 21.8 Å². The van der Waals surface area contributed by atoms with Gasteiger partial charge >= 0.3 is 0 Å². The number of hydrogen-bond acceptors (Lipinski definition) is 4. The maximum absolute atomic E-state index is 12.7. The van der Waals surface area contributed by atoms with Crippen molar-refractivity contribution in [3.8, 4) is 0 Å². The molecule has 0 aliphatic rings. The van der Waals surface area contributed by atoms with Gasteiger partial charge in [-0.2, -0.15) is 0 Å². The summed E-state index contributed by atoms with van der Waals surface area (Å²) in [7, 11) is 3.58. The van der Waals surface area contributed by atoms with E-state index in [9.17, 15) is 9.59 Å². The van der Waals surface area contributed by atoms with Crippen molar-refractivity contribution in [2.75, 3.05) is 19.1 Å². The quantitative estimate of drug-likeness (QED) is 0.693. The van der Waals surface area contributed by atoms with Gasteiger partial charge in [0.2, 0.25) is 0 Å². The first-order chi connectivity index (χ1) is 10.9. The Kier molecular flexibility index (Phi) is 3.67. The summed E-state index contributed by atoms with van der Waals surface area (Å²) in [5.74, 6) is 0. The maximum atomic E-state index is 12.7. The van der Waals surface area contributed by atoms with E-state index in [1.54, 1.807) is 48.2 Å². The van der Waals surface area contributed by atoms with E-state index in [2.05, 4.69) is 4.98 Å². The maximum Gasteiger partial charge on any atom is 0.278 e. The largest absolute Gasteiger partial charge is 0.316 e. The molecule has 0 radical (unpaired) electrons. The van der Waals surface area contributed by atoms with Gasteiger partial charge < -0.3 is 9.58 Å². The Bertz CT molecular complexity index is 1000. The third-order valence-electron chi connectivity index (χ3n) is 4.25. The number of rotatable bonds is 3. The van der Waals surface area contributed by atoms with Crippen molar-refractivity contribution in [3.05, 3.63) is 51.3 Å². The number of fused-ring (bicyclic) bond motifs is 2. The molecule has 3 aromatic heterocycles. The highest BCUT2D eigenvalue weighted by Gasteiger charge is 2.12. The molecule has 6 heteroatoms. The smallest absolute Gasteiger partial charge is 0.278 e. The molecule has 0 aliphatic heterocycles. The van der Waals surface area contributed by atoms with Gasteiger partial charge in [-0.15, -0.1) is 0 Å². The van der Waals surface area contributed by atoms with Crippen LogP contribution in [-0.4, -0.2) is 28.3 Å². The summed E-state index contributed by atoms with van der Waals surface area (Å²) in [6.45, 7) is 4.04. The third kappa shape index (κ3) is 2.40. The molecule has 0 aliphatic carbocycles. The first-order valence-corrected chi connectivity index (χ1v) is 7.69. The topological polar surface area (TPSA) is 60.1 Å². The molecule has 3 rings (SSSR count). The second-order valence-corrected chi connectivity index (χ2v) is 5.95. The Morgan fingerprint density at radius 1 is 1.09 bits per heavy atom. The zero-order valence-corrected chi connectivity index (χ0v) is 13.8. The minimum absolute atomic E-state index is 0.106. The van der Waals surface area contributed by atoms with Crippen LogP contribution in [0, 0.1) is 0 Å². The van der Waals surface area contributed by atoms with E-state index < -0.39 is 0 Å². The van der Waals surface area contributed by atoms with Crippen molar-refractivity contribution >= 4 is 21.8 Å².